The Morgan fingerprint density at radius 2 is 1.91 bits per heavy atom. The highest BCUT2D eigenvalue weighted by molar-refractivity contribution is 7.99. The second-order valence-corrected chi connectivity index (χ2v) is 6.50. The van der Waals surface area contributed by atoms with Gasteiger partial charge in [-0.1, -0.05) is 48.2 Å². The SMILES string of the molecule is O=C(CSc1nc2ccccc2o1)N1CCc2ccccc2C1. The third-order valence-electron chi connectivity index (χ3n) is 4.08. The summed E-state index contributed by atoms with van der Waals surface area (Å²) in [6.45, 7) is 1.48. The zero-order valence-corrected chi connectivity index (χ0v) is 13.4. The maximum absolute atomic E-state index is 12.4. The summed E-state index contributed by atoms with van der Waals surface area (Å²) in [5.41, 5.74) is 4.19. The van der Waals surface area contributed by atoms with Crippen molar-refractivity contribution in [1.82, 2.24) is 9.88 Å². The van der Waals surface area contributed by atoms with Crippen LogP contribution in [0.3, 0.4) is 0 Å². The van der Waals surface area contributed by atoms with Gasteiger partial charge in [-0.15, -0.1) is 0 Å². The topological polar surface area (TPSA) is 46.3 Å². The molecular formula is C18H16N2O2S. The normalized spacial score (nSPS) is 14.0. The van der Waals surface area contributed by atoms with Gasteiger partial charge < -0.3 is 9.32 Å². The minimum atomic E-state index is 0.131. The van der Waals surface area contributed by atoms with Crippen LogP contribution in [0.5, 0.6) is 0 Å². The minimum Gasteiger partial charge on any atom is -0.431 e. The van der Waals surface area contributed by atoms with Crippen molar-refractivity contribution in [2.75, 3.05) is 12.3 Å². The van der Waals surface area contributed by atoms with E-state index in [2.05, 4.69) is 23.2 Å². The van der Waals surface area contributed by atoms with E-state index in [-0.39, 0.29) is 5.91 Å². The molecule has 3 aromatic rings. The molecule has 1 aliphatic heterocycles. The molecule has 4 rings (SSSR count). The van der Waals surface area contributed by atoms with Crippen LogP contribution in [0.2, 0.25) is 0 Å². The zero-order valence-electron chi connectivity index (χ0n) is 12.6. The summed E-state index contributed by atoms with van der Waals surface area (Å²) in [6.07, 6.45) is 0.926. The largest absolute Gasteiger partial charge is 0.431 e. The Morgan fingerprint density at radius 1 is 1.13 bits per heavy atom. The number of carbonyl (C=O) groups is 1. The van der Waals surface area contributed by atoms with Gasteiger partial charge in [0.1, 0.15) is 5.52 Å². The highest BCUT2D eigenvalue weighted by Crippen LogP contribution is 2.24. The van der Waals surface area contributed by atoms with E-state index < -0.39 is 0 Å². The van der Waals surface area contributed by atoms with Gasteiger partial charge in [0.2, 0.25) is 5.91 Å². The predicted molar refractivity (Wildman–Crippen MR) is 90.3 cm³/mol. The van der Waals surface area contributed by atoms with Crippen molar-refractivity contribution in [2.45, 2.75) is 18.2 Å². The number of fused-ring (bicyclic) bond motifs is 2. The summed E-state index contributed by atoms with van der Waals surface area (Å²) in [7, 11) is 0. The van der Waals surface area contributed by atoms with E-state index in [0.717, 1.165) is 24.1 Å². The van der Waals surface area contributed by atoms with Crippen molar-refractivity contribution in [1.29, 1.82) is 0 Å². The summed E-state index contributed by atoms with van der Waals surface area (Å²) in [4.78, 5) is 18.7. The van der Waals surface area contributed by atoms with E-state index in [1.54, 1.807) is 0 Å². The molecule has 5 heteroatoms. The number of para-hydroxylation sites is 2. The van der Waals surface area contributed by atoms with Crippen molar-refractivity contribution < 1.29 is 9.21 Å². The van der Waals surface area contributed by atoms with Crippen LogP contribution >= 0.6 is 11.8 Å². The van der Waals surface area contributed by atoms with E-state index in [9.17, 15) is 4.79 Å². The predicted octanol–water partition coefficient (Wildman–Crippen LogP) is 3.50. The molecule has 4 nitrogen and oxygen atoms in total. The first-order valence-corrected chi connectivity index (χ1v) is 8.61. The Labute approximate surface area is 138 Å². The average molecular weight is 324 g/mol. The number of amides is 1. The van der Waals surface area contributed by atoms with E-state index >= 15 is 0 Å². The van der Waals surface area contributed by atoms with Crippen LogP contribution < -0.4 is 0 Å². The second-order valence-electron chi connectivity index (χ2n) is 5.57. The van der Waals surface area contributed by atoms with Gasteiger partial charge in [0.05, 0.1) is 5.75 Å². The molecule has 0 unspecified atom stereocenters. The molecule has 0 radical (unpaired) electrons. The summed E-state index contributed by atoms with van der Waals surface area (Å²) in [5, 5.41) is 0.553. The number of aromatic nitrogens is 1. The molecule has 0 fully saturated rings. The molecule has 0 bridgehead atoms. The molecule has 2 aromatic carbocycles. The van der Waals surface area contributed by atoms with Gasteiger partial charge in [-0.25, -0.2) is 4.98 Å². The lowest BCUT2D eigenvalue weighted by Gasteiger charge is -2.28. The Morgan fingerprint density at radius 3 is 2.78 bits per heavy atom. The molecule has 0 saturated heterocycles. The molecular weight excluding hydrogens is 308 g/mol. The van der Waals surface area contributed by atoms with Gasteiger partial charge in [-0.05, 0) is 29.7 Å². The molecule has 23 heavy (non-hydrogen) atoms. The number of rotatable bonds is 3. The van der Waals surface area contributed by atoms with E-state index in [0.29, 0.717) is 17.5 Å². The number of nitrogens with zero attached hydrogens (tertiary/aromatic N) is 2. The number of carbonyl (C=O) groups excluding carboxylic acids is 1. The maximum Gasteiger partial charge on any atom is 0.257 e. The highest BCUT2D eigenvalue weighted by Gasteiger charge is 2.21. The quantitative estimate of drug-likeness (QED) is 0.692. The van der Waals surface area contributed by atoms with Crippen LogP contribution in [0.25, 0.3) is 11.1 Å². The Kier molecular flexibility index (Phi) is 3.79. The van der Waals surface area contributed by atoms with Crippen molar-refractivity contribution in [2.24, 2.45) is 0 Å². The molecule has 2 heterocycles. The molecule has 0 spiro atoms. The number of thioether (sulfide) groups is 1. The average Bonchev–Trinajstić information content (AvgIpc) is 3.02. The standard InChI is InChI=1S/C18H16N2O2S/c21-17(20-10-9-13-5-1-2-6-14(13)11-20)12-23-18-19-15-7-3-4-8-16(15)22-18/h1-8H,9-12H2. The molecule has 116 valence electrons. The lowest BCUT2D eigenvalue weighted by molar-refractivity contribution is -0.129. The Hall–Kier alpha value is -2.27. The first-order chi connectivity index (χ1) is 11.3. The first kappa shape index (κ1) is 14.3. The first-order valence-electron chi connectivity index (χ1n) is 7.62. The van der Waals surface area contributed by atoms with Gasteiger partial charge in [-0.3, -0.25) is 4.79 Å². The van der Waals surface area contributed by atoms with Crippen molar-refractivity contribution in [3.05, 3.63) is 59.7 Å². The summed E-state index contributed by atoms with van der Waals surface area (Å²) >= 11 is 1.36. The molecule has 0 saturated carbocycles. The van der Waals surface area contributed by atoms with Crippen molar-refractivity contribution in [3.8, 4) is 0 Å². The third-order valence-corrected chi connectivity index (χ3v) is 4.89. The fraction of sp³-hybridized carbons (Fsp3) is 0.222. The minimum absolute atomic E-state index is 0.131. The van der Waals surface area contributed by atoms with E-state index in [4.69, 9.17) is 4.42 Å². The van der Waals surface area contributed by atoms with E-state index in [1.807, 2.05) is 35.2 Å². The van der Waals surface area contributed by atoms with Gasteiger partial charge in [0, 0.05) is 13.1 Å². The molecule has 0 aliphatic carbocycles. The fourth-order valence-corrected chi connectivity index (χ4v) is 3.58. The van der Waals surface area contributed by atoms with Crippen LogP contribution in [-0.4, -0.2) is 28.1 Å². The van der Waals surface area contributed by atoms with Crippen LogP contribution in [0.1, 0.15) is 11.1 Å². The van der Waals surface area contributed by atoms with Crippen LogP contribution in [0.15, 0.2) is 58.2 Å². The number of hydrogen-bond acceptors (Lipinski definition) is 4. The molecule has 1 aromatic heterocycles. The molecule has 0 N–H and O–H groups in total. The lowest BCUT2D eigenvalue weighted by Crippen LogP contribution is -2.37. The number of oxazole rings is 1. The smallest absolute Gasteiger partial charge is 0.257 e. The highest BCUT2D eigenvalue weighted by atomic mass is 32.2. The lowest BCUT2D eigenvalue weighted by atomic mass is 10.00. The third kappa shape index (κ3) is 2.97. The maximum atomic E-state index is 12.4. The van der Waals surface area contributed by atoms with Gasteiger partial charge in [-0.2, -0.15) is 0 Å². The van der Waals surface area contributed by atoms with Gasteiger partial charge in [0.15, 0.2) is 5.58 Å². The van der Waals surface area contributed by atoms with Gasteiger partial charge in [0.25, 0.3) is 5.22 Å². The summed E-state index contributed by atoms with van der Waals surface area (Å²) in [6, 6.07) is 16.0. The monoisotopic (exact) mass is 324 g/mol. The summed E-state index contributed by atoms with van der Waals surface area (Å²) in [5.74, 6) is 0.487. The van der Waals surface area contributed by atoms with Crippen molar-refractivity contribution >= 4 is 28.8 Å². The Balaban J connectivity index is 1.40. The number of benzene rings is 2. The summed E-state index contributed by atoms with van der Waals surface area (Å²) < 4.78 is 5.64. The fourth-order valence-electron chi connectivity index (χ4n) is 2.84. The second kappa shape index (κ2) is 6.08. The molecule has 1 aliphatic rings. The zero-order chi connectivity index (χ0) is 15.6. The molecule has 1 amide bonds. The number of hydrogen-bond donors (Lipinski definition) is 0. The van der Waals surface area contributed by atoms with Gasteiger partial charge >= 0.3 is 0 Å². The van der Waals surface area contributed by atoms with Crippen LogP contribution in [-0.2, 0) is 17.8 Å². The van der Waals surface area contributed by atoms with Crippen LogP contribution in [0.4, 0.5) is 0 Å². The van der Waals surface area contributed by atoms with Crippen molar-refractivity contribution in [3.63, 3.8) is 0 Å². The van der Waals surface area contributed by atoms with E-state index in [1.165, 1.54) is 22.9 Å². The Bertz CT molecular complexity index is 826. The van der Waals surface area contributed by atoms with Crippen LogP contribution in [0, 0.1) is 0 Å². The molecule has 0 atom stereocenters.